The molecule has 0 N–H and O–H groups in total. The van der Waals surface area contributed by atoms with Gasteiger partial charge in [0.15, 0.2) is 0 Å². The predicted octanol–water partition coefficient (Wildman–Crippen LogP) is 4.93. The first-order chi connectivity index (χ1) is 13.7. The quantitative estimate of drug-likeness (QED) is 0.338. The molecule has 0 saturated heterocycles. The number of hydrogen-bond donors (Lipinski definition) is 0. The van der Waals surface area contributed by atoms with Crippen molar-refractivity contribution in [1.82, 2.24) is 0 Å². The fraction of sp³-hybridized carbons (Fsp3) is 0.300. The number of esters is 2. The van der Waals surface area contributed by atoms with Gasteiger partial charge in [-0.1, -0.05) is 12.1 Å². The monoisotopic (exact) mass is 430 g/mol. The van der Waals surface area contributed by atoms with Gasteiger partial charge in [-0.15, -0.1) is 11.6 Å². The lowest BCUT2D eigenvalue weighted by molar-refractivity contribution is -0.151. The van der Waals surface area contributed by atoms with Crippen LogP contribution in [0.15, 0.2) is 48.5 Å². The van der Waals surface area contributed by atoms with E-state index in [2.05, 4.69) is 0 Å². The van der Waals surface area contributed by atoms with E-state index in [-0.39, 0.29) is 24.8 Å². The SMILES string of the molecule is CC(C(=O)OCCOC(=O)CCl)c1ccc(Oc2ccc(C(F)(F)F)cc2)cc1. The van der Waals surface area contributed by atoms with E-state index in [1.165, 1.54) is 12.1 Å². The fourth-order valence-corrected chi connectivity index (χ4v) is 2.35. The molecule has 2 rings (SSSR count). The Labute approximate surface area is 170 Å². The third-order valence-electron chi connectivity index (χ3n) is 3.85. The van der Waals surface area contributed by atoms with Gasteiger partial charge in [0.1, 0.15) is 30.6 Å². The van der Waals surface area contributed by atoms with Crippen LogP contribution < -0.4 is 4.74 Å². The summed E-state index contributed by atoms with van der Waals surface area (Å²) >= 11 is 5.28. The number of rotatable bonds is 8. The second-order valence-corrected chi connectivity index (χ2v) is 6.20. The van der Waals surface area contributed by atoms with Gasteiger partial charge >= 0.3 is 18.1 Å². The van der Waals surface area contributed by atoms with Crippen molar-refractivity contribution in [3.8, 4) is 11.5 Å². The topological polar surface area (TPSA) is 61.8 Å². The molecule has 1 unspecified atom stereocenters. The summed E-state index contributed by atoms with van der Waals surface area (Å²) in [5.41, 5.74) is -0.0996. The summed E-state index contributed by atoms with van der Waals surface area (Å²) in [5, 5.41) is 0. The summed E-state index contributed by atoms with van der Waals surface area (Å²) in [7, 11) is 0. The zero-order chi connectivity index (χ0) is 21.4. The molecule has 0 spiro atoms. The zero-order valence-corrected chi connectivity index (χ0v) is 16.1. The second-order valence-electron chi connectivity index (χ2n) is 5.94. The van der Waals surface area contributed by atoms with Crippen molar-refractivity contribution in [2.45, 2.75) is 19.0 Å². The zero-order valence-electron chi connectivity index (χ0n) is 15.4. The summed E-state index contributed by atoms with van der Waals surface area (Å²) in [6, 6.07) is 10.8. The summed E-state index contributed by atoms with van der Waals surface area (Å²) < 4.78 is 53.0. The Hall–Kier alpha value is -2.74. The molecule has 29 heavy (non-hydrogen) atoms. The molecule has 0 aliphatic rings. The fourth-order valence-electron chi connectivity index (χ4n) is 2.27. The third kappa shape index (κ3) is 6.98. The van der Waals surface area contributed by atoms with E-state index >= 15 is 0 Å². The molecule has 1 atom stereocenters. The van der Waals surface area contributed by atoms with Crippen LogP contribution in [0.1, 0.15) is 24.0 Å². The van der Waals surface area contributed by atoms with Crippen molar-refractivity contribution in [2.75, 3.05) is 19.1 Å². The minimum atomic E-state index is -4.41. The average molecular weight is 431 g/mol. The second kappa shape index (κ2) is 10.2. The Morgan fingerprint density at radius 1 is 0.931 bits per heavy atom. The maximum absolute atomic E-state index is 12.6. The van der Waals surface area contributed by atoms with E-state index < -0.39 is 29.6 Å². The first-order valence-electron chi connectivity index (χ1n) is 8.54. The largest absolute Gasteiger partial charge is 0.462 e. The Morgan fingerprint density at radius 2 is 1.45 bits per heavy atom. The molecule has 0 bridgehead atoms. The minimum Gasteiger partial charge on any atom is -0.462 e. The van der Waals surface area contributed by atoms with Crippen molar-refractivity contribution in [3.63, 3.8) is 0 Å². The Kier molecular flexibility index (Phi) is 7.90. The molecule has 9 heteroatoms. The highest BCUT2D eigenvalue weighted by molar-refractivity contribution is 6.26. The lowest BCUT2D eigenvalue weighted by atomic mass is 10.0. The predicted molar refractivity (Wildman–Crippen MR) is 99.0 cm³/mol. The molecule has 2 aromatic rings. The number of carbonyl (C=O) groups is 2. The Balaban J connectivity index is 1.88. The average Bonchev–Trinajstić information content (AvgIpc) is 2.70. The van der Waals surface area contributed by atoms with E-state index in [1.54, 1.807) is 31.2 Å². The third-order valence-corrected chi connectivity index (χ3v) is 4.07. The van der Waals surface area contributed by atoms with Crippen LogP contribution in [0, 0.1) is 0 Å². The summed E-state index contributed by atoms with van der Waals surface area (Å²) in [5.74, 6) is -1.28. The normalized spacial score (nSPS) is 12.2. The number of benzene rings is 2. The first-order valence-corrected chi connectivity index (χ1v) is 9.07. The maximum Gasteiger partial charge on any atom is 0.416 e. The lowest BCUT2D eigenvalue weighted by Crippen LogP contribution is -2.18. The molecule has 156 valence electrons. The number of alkyl halides is 4. The summed E-state index contributed by atoms with van der Waals surface area (Å²) in [6.45, 7) is 1.49. The van der Waals surface area contributed by atoms with Crippen LogP contribution in [0.25, 0.3) is 0 Å². The highest BCUT2D eigenvalue weighted by Gasteiger charge is 2.30. The number of hydrogen-bond acceptors (Lipinski definition) is 5. The molecule has 0 amide bonds. The molecule has 5 nitrogen and oxygen atoms in total. The smallest absolute Gasteiger partial charge is 0.416 e. The van der Waals surface area contributed by atoms with Gasteiger partial charge in [0.05, 0.1) is 11.5 Å². The van der Waals surface area contributed by atoms with Crippen LogP contribution >= 0.6 is 11.6 Å². The van der Waals surface area contributed by atoms with Gasteiger partial charge in [-0.25, -0.2) is 0 Å². The van der Waals surface area contributed by atoms with Gasteiger partial charge in [0.2, 0.25) is 0 Å². The van der Waals surface area contributed by atoms with Crippen LogP contribution in [0.5, 0.6) is 11.5 Å². The molecule has 0 aromatic heterocycles. The molecule has 0 radical (unpaired) electrons. The summed E-state index contributed by atoms with van der Waals surface area (Å²) in [6.07, 6.45) is -4.41. The van der Waals surface area contributed by atoms with Gasteiger partial charge in [-0.2, -0.15) is 13.2 Å². The standard InChI is InChI=1S/C20H18ClF3O5/c1-13(19(26)28-11-10-27-18(25)12-21)14-2-6-16(7-3-14)29-17-8-4-15(5-9-17)20(22,23)24/h2-9,13H,10-12H2,1H3. The van der Waals surface area contributed by atoms with Gasteiger partial charge in [-0.3, -0.25) is 9.59 Å². The number of ether oxygens (including phenoxy) is 3. The van der Waals surface area contributed by atoms with E-state index in [4.69, 9.17) is 25.8 Å². The van der Waals surface area contributed by atoms with E-state index in [1.807, 2.05) is 0 Å². The van der Waals surface area contributed by atoms with Gasteiger partial charge in [0, 0.05) is 0 Å². The van der Waals surface area contributed by atoms with Gasteiger partial charge < -0.3 is 14.2 Å². The van der Waals surface area contributed by atoms with Crippen LogP contribution in [0.4, 0.5) is 13.2 Å². The summed E-state index contributed by atoms with van der Waals surface area (Å²) in [4.78, 5) is 22.9. The molecule has 0 heterocycles. The van der Waals surface area contributed by atoms with Crippen molar-refractivity contribution in [2.24, 2.45) is 0 Å². The Bertz CT molecular complexity index is 820. The lowest BCUT2D eigenvalue weighted by Gasteiger charge is -2.13. The van der Waals surface area contributed by atoms with Crippen molar-refractivity contribution in [3.05, 3.63) is 59.7 Å². The van der Waals surface area contributed by atoms with E-state index in [0.717, 1.165) is 12.1 Å². The molecule has 0 aliphatic heterocycles. The van der Waals surface area contributed by atoms with Crippen LogP contribution in [0.3, 0.4) is 0 Å². The molecular weight excluding hydrogens is 413 g/mol. The Morgan fingerprint density at radius 3 is 1.97 bits per heavy atom. The number of halogens is 4. The van der Waals surface area contributed by atoms with E-state index in [9.17, 15) is 22.8 Å². The van der Waals surface area contributed by atoms with Gasteiger partial charge in [0.25, 0.3) is 0 Å². The van der Waals surface area contributed by atoms with Crippen LogP contribution in [-0.4, -0.2) is 31.0 Å². The number of carbonyl (C=O) groups excluding carboxylic acids is 2. The molecule has 2 aromatic carbocycles. The highest BCUT2D eigenvalue weighted by Crippen LogP contribution is 2.31. The highest BCUT2D eigenvalue weighted by atomic mass is 35.5. The molecular formula is C20H18ClF3O5. The maximum atomic E-state index is 12.6. The van der Waals surface area contributed by atoms with E-state index in [0.29, 0.717) is 11.3 Å². The minimum absolute atomic E-state index is 0.0794. The first kappa shape index (κ1) is 22.5. The van der Waals surface area contributed by atoms with Gasteiger partial charge in [-0.05, 0) is 48.9 Å². The molecule has 0 aliphatic carbocycles. The van der Waals surface area contributed by atoms with Crippen LogP contribution in [0.2, 0.25) is 0 Å². The molecule has 0 fully saturated rings. The van der Waals surface area contributed by atoms with Crippen molar-refractivity contribution in [1.29, 1.82) is 0 Å². The van der Waals surface area contributed by atoms with Crippen LogP contribution in [-0.2, 0) is 25.2 Å². The molecule has 0 saturated carbocycles. The van der Waals surface area contributed by atoms with Crippen molar-refractivity contribution >= 4 is 23.5 Å². The van der Waals surface area contributed by atoms with Crippen molar-refractivity contribution < 1.29 is 37.0 Å².